The molecule has 21 heavy (non-hydrogen) atoms. The lowest BCUT2D eigenvalue weighted by Crippen LogP contribution is -2.08. The van der Waals surface area contributed by atoms with E-state index in [9.17, 15) is 4.79 Å². The Morgan fingerprint density at radius 2 is 2.24 bits per heavy atom. The molecule has 0 aliphatic carbocycles. The van der Waals surface area contributed by atoms with Crippen molar-refractivity contribution in [2.45, 2.75) is 0 Å². The van der Waals surface area contributed by atoms with Crippen LogP contribution in [0.4, 0.5) is 10.5 Å². The maximum absolute atomic E-state index is 10.8. The van der Waals surface area contributed by atoms with E-state index in [-0.39, 0.29) is 0 Å². The molecule has 1 amide bonds. The lowest BCUT2D eigenvalue weighted by Gasteiger charge is -2.04. The second kappa shape index (κ2) is 5.37. The standard InChI is InChI=1S/C14H11N3O3S/c1-20-8-2-3-10-12(6-8)21-13(16-10)9-4-5-15-7-11(9)17-14(18)19/h2-7,17H,1H3,(H,18,19). The number of ether oxygens (including phenoxy) is 1. The van der Waals surface area contributed by atoms with Crippen molar-refractivity contribution in [2.24, 2.45) is 0 Å². The zero-order chi connectivity index (χ0) is 14.8. The number of carbonyl (C=O) groups is 1. The van der Waals surface area contributed by atoms with Gasteiger partial charge in [-0.1, -0.05) is 0 Å². The molecule has 2 aromatic heterocycles. The normalized spacial score (nSPS) is 10.5. The molecule has 106 valence electrons. The summed E-state index contributed by atoms with van der Waals surface area (Å²) < 4.78 is 6.17. The quantitative estimate of drug-likeness (QED) is 0.774. The lowest BCUT2D eigenvalue weighted by molar-refractivity contribution is 0.210. The first-order valence-corrected chi connectivity index (χ1v) is 6.88. The molecule has 2 N–H and O–H groups in total. The maximum Gasteiger partial charge on any atom is 0.409 e. The molecule has 0 atom stereocenters. The minimum atomic E-state index is -1.13. The van der Waals surface area contributed by atoms with Crippen LogP contribution in [0.3, 0.4) is 0 Å². The molecule has 0 unspecified atom stereocenters. The van der Waals surface area contributed by atoms with Gasteiger partial charge in [0.2, 0.25) is 0 Å². The second-order valence-corrected chi connectivity index (χ2v) is 5.23. The number of carboxylic acid groups (broad SMARTS) is 1. The van der Waals surface area contributed by atoms with Gasteiger partial charge in [-0.25, -0.2) is 9.78 Å². The number of methoxy groups -OCH3 is 1. The zero-order valence-electron chi connectivity index (χ0n) is 11.0. The third-order valence-electron chi connectivity index (χ3n) is 2.89. The minimum Gasteiger partial charge on any atom is -0.497 e. The Hall–Kier alpha value is -2.67. The Morgan fingerprint density at radius 1 is 1.38 bits per heavy atom. The van der Waals surface area contributed by atoms with Gasteiger partial charge in [0.15, 0.2) is 0 Å². The van der Waals surface area contributed by atoms with E-state index < -0.39 is 6.09 Å². The second-order valence-electron chi connectivity index (χ2n) is 4.20. The van der Waals surface area contributed by atoms with Crippen LogP contribution in [0.1, 0.15) is 0 Å². The van der Waals surface area contributed by atoms with Crippen molar-refractivity contribution >= 4 is 33.3 Å². The number of hydrogen-bond donors (Lipinski definition) is 2. The molecule has 2 heterocycles. The molecular formula is C14H11N3O3S. The van der Waals surface area contributed by atoms with Crippen molar-refractivity contribution in [1.29, 1.82) is 0 Å². The van der Waals surface area contributed by atoms with Gasteiger partial charge in [0.25, 0.3) is 0 Å². The van der Waals surface area contributed by atoms with Gasteiger partial charge in [0, 0.05) is 11.8 Å². The Kier molecular flexibility index (Phi) is 3.41. The average molecular weight is 301 g/mol. The molecular weight excluding hydrogens is 290 g/mol. The summed E-state index contributed by atoms with van der Waals surface area (Å²) in [5.41, 5.74) is 1.96. The van der Waals surface area contributed by atoms with E-state index in [1.165, 1.54) is 17.5 Å². The van der Waals surface area contributed by atoms with E-state index in [1.807, 2.05) is 18.2 Å². The van der Waals surface area contributed by atoms with Crippen LogP contribution in [0, 0.1) is 0 Å². The largest absolute Gasteiger partial charge is 0.497 e. The molecule has 7 heteroatoms. The Bertz CT molecular complexity index is 816. The van der Waals surface area contributed by atoms with E-state index in [0.29, 0.717) is 11.3 Å². The number of pyridine rings is 1. The monoisotopic (exact) mass is 301 g/mol. The van der Waals surface area contributed by atoms with Crippen LogP contribution in [-0.4, -0.2) is 28.3 Å². The molecule has 3 aromatic rings. The average Bonchev–Trinajstić information content (AvgIpc) is 2.89. The summed E-state index contributed by atoms with van der Waals surface area (Å²) >= 11 is 1.47. The molecule has 0 spiro atoms. The number of aromatic nitrogens is 2. The first-order valence-electron chi connectivity index (χ1n) is 6.06. The molecule has 0 radical (unpaired) electrons. The van der Waals surface area contributed by atoms with Crippen molar-refractivity contribution in [1.82, 2.24) is 9.97 Å². The summed E-state index contributed by atoms with van der Waals surface area (Å²) in [7, 11) is 1.61. The maximum atomic E-state index is 10.8. The SMILES string of the molecule is COc1ccc2nc(-c3ccncc3NC(=O)O)sc2c1. The van der Waals surface area contributed by atoms with Gasteiger partial charge in [0.1, 0.15) is 10.8 Å². The van der Waals surface area contributed by atoms with Crippen LogP contribution >= 0.6 is 11.3 Å². The minimum absolute atomic E-state index is 0.413. The first kappa shape index (κ1) is 13.3. The van der Waals surface area contributed by atoms with Crippen molar-refractivity contribution in [3.8, 4) is 16.3 Å². The number of anilines is 1. The molecule has 1 aromatic carbocycles. The van der Waals surface area contributed by atoms with Crippen LogP contribution in [-0.2, 0) is 0 Å². The van der Waals surface area contributed by atoms with Gasteiger partial charge in [-0.05, 0) is 24.3 Å². The molecule has 0 saturated carbocycles. The van der Waals surface area contributed by atoms with Crippen molar-refractivity contribution in [3.63, 3.8) is 0 Å². The van der Waals surface area contributed by atoms with Crippen LogP contribution in [0.25, 0.3) is 20.8 Å². The van der Waals surface area contributed by atoms with E-state index in [1.54, 1.807) is 19.4 Å². The number of rotatable bonds is 3. The third-order valence-corrected chi connectivity index (χ3v) is 3.94. The van der Waals surface area contributed by atoms with E-state index >= 15 is 0 Å². The molecule has 0 aliphatic rings. The summed E-state index contributed by atoms with van der Waals surface area (Å²) in [5, 5.41) is 11.9. The zero-order valence-corrected chi connectivity index (χ0v) is 11.8. The molecule has 6 nitrogen and oxygen atoms in total. The highest BCUT2D eigenvalue weighted by molar-refractivity contribution is 7.21. The van der Waals surface area contributed by atoms with Gasteiger partial charge >= 0.3 is 6.09 Å². The Labute approximate surface area is 124 Å². The van der Waals surface area contributed by atoms with Crippen LogP contribution in [0.2, 0.25) is 0 Å². The van der Waals surface area contributed by atoms with Crippen molar-refractivity contribution in [3.05, 3.63) is 36.7 Å². The van der Waals surface area contributed by atoms with E-state index in [4.69, 9.17) is 9.84 Å². The van der Waals surface area contributed by atoms with E-state index in [2.05, 4.69) is 15.3 Å². The predicted molar refractivity (Wildman–Crippen MR) is 81.1 cm³/mol. The van der Waals surface area contributed by atoms with Crippen molar-refractivity contribution in [2.75, 3.05) is 12.4 Å². The van der Waals surface area contributed by atoms with Gasteiger partial charge in [-0.15, -0.1) is 11.3 Å². The molecule has 0 bridgehead atoms. The summed E-state index contributed by atoms with van der Waals surface area (Å²) in [6, 6.07) is 7.36. The highest BCUT2D eigenvalue weighted by atomic mass is 32.1. The lowest BCUT2D eigenvalue weighted by atomic mass is 10.2. The van der Waals surface area contributed by atoms with Crippen LogP contribution in [0.15, 0.2) is 36.7 Å². The number of benzene rings is 1. The summed E-state index contributed by atoms with van der Waals surface area (Å²) in [4.78, 5) is 19.3. The first-order chi connectivity index (χ1) is 10.2. The fourth-order valence-corrected chi connectivity index (χ4v) is 2.98. The number of fused-ring (bicyclic) bond motifs is 1. The fourth-order valence-electron chi connectivity index (χ4n) is 1.94. The van der Waals surface area contributed by atoms with Gasteiger partial charge < -0.3 is 9.84 Å². The predicted octanol–water partition coefficient (Wildman–Crippen LogP) is 3.46. The number of nitrogens with zero attached hydrogens (tertiary/aromatic N) is 2. The summed E-state index contributed by atoms with van der Waals surface area (Å²) in [6.45, 7) is 0. The number of amides is 1. The fraction of sp³-hybridized carbons (Fsp3) is 0.0714. The smallest absolute Gasteiger partial charge is 0.409 e. The highest BCUT2D eigenvalue weighted by Gasteiger charge is 2.12. The van der Waals surface area contributed by atoms with Gasteiger partial charge in [-0.2, -0.15) is 0 Å². The van der Waals surface area contributed by atoms with Crippen LogP contribution < -0.4 is 10.1 Å². The molecule has 3 rings (SSSR count). The van der Waals surface area contributed by atoms with Gasteiger partial charge in [0.05, 0.1) is 29.2 Å². The summed E-state index contributed by atoms with van der Waals surface area (Å²) in [6.07, 6.45) is 1.94. The number of thiazole rings is 1. The Balaban J connectivity index is 2.10. The third kappa shape index (κ3) is 2.63. The Morgan fingerprint density at radius 3 is 3.00 bits per heavy atom. The van der Waals surface area contributed by atoms with Gasteiger partial charge in [-0.3, -0.25) is 10.3 Å². The highest BCUT2D eigenvalue weighted by Crippen LogP contribution is 2.35. The summed E-state index contributed by atoms with van der Waals surface area (Å²) in [5.74, 6) is 0.760. The molecule has 0 saturated heterocycles. The topological polar surface area (TPSA) is 84.3 Å². The number of nitrogens with one attached hydrogen (secondary N) is 1. The van der Waals surface area contributed by atoms with E-state index in [0.717, 1.165) is 21.0 Å². The van der Waals surface area contributed by atoms with Crippen molar-refractivity contribution < 1.29 is 14.6 Å². The van der Waals surface area contributed by atoms with Crippen LogP contribution in [0.5, 0.6) is 5.75 Å². The molecule has 0 fully saturated rings. The number of hydrogen-bond acceptors (Lipinski definition) is 5. The molecule has 0 aliphatic heterocycles.